The molecule has 0 aliphatic carbocycles. The van der Waals surface area contributed by atoms with Crippen LogP contribution in [0.1, 0.15) is 37.0 Å². The summed E-state index contributed by atoms with van der Waals surface area (Å²) in [5, 5.41) is 15.5. The van der Waals surface area contributed by atoms with E-state index in [1.54, 1.807) is 0 Å². The lowest BCUT2D eigenvalue weighted by atomic mass is 10.1. The fraction of sp³-hybridized carbons (Fsp3) is 0.423. The lowest BCUT2D eigenvalue weighted by Gasteiger charge is -2.21. The zero-order valence-corrected chi connectivity index (χ0v) is 20.3. The molecule has 0 fully saturated rings. The van der Waals surface area contributed by atoms with Crippen molar-refractivity contribution in [3.8, 4) is 0 Å². The molecule has 3 aromatic rings. The van der Waals surface area contributed by atoms with Gasteiger partial charge in [-0.25, -0.2) is 4.99 Å². The van der Waals surface area contributed by atoms with Crippen molar-refractivity contribution in [2.75, 3.05) is 25.0 Å². The zero-order valence-electron chi connectivity index (χ0n) is 20.3. The highest BCUT2D eigenvalue weighted by Crippen LogP contribution is 2.10. The molecule has 1 heterocycles. The summed E-state index contributed by atoms with van der Waals surface area (Å²) in [5.41, 5.74) is 2.59. The second-order valence-electron chi connectivity index (χ2n) is 8.49. The Morgan fingerprint density at radius 3 is 2.42 bits per heavy atom. The minimum absolute atomic E-state index is 0.296. The van der Waals surface area contributed by atoms with Crippen molar-refractivity contribution in [3.63, 3.8) is 0 Å². The molecule has 2 aromatic carbocycles. The van der Waals surface area contributed by atoms with Crippen LogP contribution >= 0.6 is 0 Å². The lowest BCUT2D eigenvalue weighted by molar-refractivity contribution is 0.588. The molecule has 3 rings (SSSR count). The van der Waals surface area contributed by atoms with Crippen LogP contribution in [0.3, 0.4) is 0 Å². The van der Waals surface area contributed by atoms with Crippen molar-refractivity contribution < 1.29 is 0 Å². The lowest BCUT2D eigenvalue weighted by Crippen LogP contribution is -2.43. The first kappa shape index (κ1) is 24.3. The Balaban J connectivity index is 1.53. The minimum Gasteiger partial charge on any atom is -0.375 e. The third-order valence-electron chi connectivity index (χ3n) is 5.81. The Morgan fingerprint density at radius 2 is 1.76 bits per heavy atom. The molecule has 2 N–H and O–H groups in total. The van der Waals surface area contributed by atoms with Crippen LogP contribution in [0.15, 0.2) is 65.7 Å². The first-order chi connectivity index (χ1) is 16.0. The topological polar surface area (TPSA) is 70.4 Å². The number of rotatable bonds is 11. The number of nitrogens with zero attached hydrogens (tertiary/aromatic N) is 5. The van der Waals surface area contributed by atoms with E-state index in [4.69, 9.17) is 4.99 Å². The van der Waals surface area contributed by atoms with Gasteiger partial charge in [-0.05, 0) is 50.8 Å². The van der Waals surface area contributed by atoms with Crippen LogP contribution in [0.4, 0.5) is 5.69 Å². The predicted octanol–water partition coefficient (Wildman–Crippen LogP) is 3.71. The van der Waals surface area contributed by atoms with Gasteiger partial charge in [0, 0.05) is 38.9 Å². The second-order valence-corrected chi connectivity index (χ2v) is 8.49. The minimum atomic E-state index is 0.296. The molecule has 7 heteroatoms. The summed E-state index contributed by atoms with van der Waals surface area (Å²) >= 11 is 0. The van der Waals surface area contributed by atoms with Gasteiger partial charge in [0.2, 0.25) is 0 Å². The Hall–Kier alpha value is -3.35. The number of para-hydroxylation sites is 1. The second kappa shape index (κ2) is 12.6. The molecular formula is C26H37N7. The van der Waals surface area contributed by atoms with Gasteiger partial charge in [-0.1, -0.05) is 48.5 Å². The quantitative estimate of drug-likeness (QED) is 0.266. The maximum absolute atomic E-state index is 4.80. The van der Waals surface area contributed by atoms with Gasteiger partial charge in [-0.2, -0.15) is 0 Å². The summed E-state index contributed by atoms with van der Waals surface area (Å²) in [4.78, 5) is 7.07. The van der Waals surface area contributed by atoms with E-state index >= 15 is 0 Å². The Labute approximate surface area is 198 Å². The van der Waals surface area contributed by atoms with Gasteiger partial charge < -0.3 is 20.1 Å². The van der Waals surface area contributed by atoms with Gasteiger partial charge in [0.1, 0.15) is 12.4 Å². The Kier molecular flexibility index (Phi) is 9.30. The van der Waals surface area contributed by atoms with Crippen LogP contribution < -0.4 is 15.5 Å². The van der Waals surface area contributed by atoms with Crippen molar-refractivity contribution in [2.24, 2.45) is 12.0 Å². The van der Waals surface area contributed by atoms with Crippen molar-refractivity contribution >= 4 is 11.6 Å². The first-order valence-corrected chi connectivity index (χ1v) is 11.7. The molecule has 0 amide bonds. The van der Waals surface area contributed by atoms with Crippen molar-refractivity contribution in [1.82, 2.24) is 25.4 Å². The SMILES string of the molecule is Cc1nnc(CN=C(NCCCN(C)c2ccccc2)NC(C)CCc2ccccc2)n1C. The first-order valence-electron chi connectivity index (χ1n) is 11.7. The highest BCUT2D eigenvalue weighted by molar-refractivity contribution is 5.80. The number of aliphatic imine (C=N–C) groups is 1. The number of benzene rings is 2. The Bertz CT molecular complexity index is 982. The fourth-order valence-electron chi connectivity index (χ4n) is 3.56. The van der Waals surface area contributed by atoms with Crippen LogP contribution in [0.5, 0.6) is 0 Å². The molecule has 33 heavy (non-hydrogen) atoms. The van der Waals surface area contributed by atoms with Crippen LogP contribution in [-0.4, -0.2) is 46.9 Å². The number of hydrogen-bond acceptors (Lipinski definition) is 4. The monoisotopic (exact) mass is 447 g/mol. The largest absolute Gasteiger partial charge is 0.375 e. The maximum Gasteiger partial charge on any atom is 0.191 e. The third kappa shape index (κ3) is 7.93. The average molecular weight is 448 g/mol. The van der Waals surface area contributed by atoms with Crippen LogP contribution in [0, 0.1) is 6.92 Å². The van der Waals surface area contributed by atoms with E-state index in [1.807, 2.05) is 24.6 Å². The van der Waals surface area contributed by atoms with Gasteiger partial charge in [0.15, 0.2) is 11.8 Å². The van der Waals surface area contributed by atoms with Gasteiger partial charge in [-0.15, -0.1) is 10.2 Å². The van der Waals surface area contributed by atoms with Crippen LogP contribution in [-0.2, 0) is 20.0 Å². The summed E-state index contributed by atoms with van der Waals surface area (Å²) < 4.78 is 1.98. The highest BCUT2D eigenvalue weighted by atomic mass is 15.3. The molecule has 7 nitrogen and oxygen atoms in total. The average Bonchev–Trinajstić information content (AvgIpc) is 3.17. The number of aromatic nitrogens is 3. The van der Waals surface area contributed by atoms with Crippen LogP contribution in [0.25, 0.3) is 0 Å². The standard InChI is InChI=1S/C26H37N7/c1-21(16-17-23-12-7-5-8-13-23)29-26(28-20-25-31-30-22(2)33(25)4)27-18-11-19-32(3)24-14-9-6-10-15-24/h5-10,12-15,21H,11,16-20H2,1-4H3,(H2,27,28,29). The molecule has 1 aromatic heterocycles. The molecule has 1 atom stereocenters. The van der Waals surface area contributed by atoms with Crippen LogP contribution in [0.2, 0.25) is 0 Å². The van der Waals surface area contributed by atoms with Gasteiger partial charge in [0.05, 0.1) is 0 Å². The number of nitrogens with one attached hydrogen (secondary N) is 2. The van der Waals surface area contributed by atoms with E-state index in [1.165, 1.54) is 11.3 Å². The summed E-state index contributed by atoms with van der Waals surface area (Å²) in [5.74, 6) is 2.57. The molecule has 176 valence electrons. The molecule has 1 unspecified atom stereocenters. The van der Waals surface area contributed by atoms with Gasteiger partial charge >= 0.3 is 0 Å². The summed E-state index contributed by atoms with van der Waals surface area (Å²) in [6, 6.07) is 21.4. The molecule has 0 radical (unpaired) electrons. The smallest absolute Gasteiger partial charge is 0.191 e. The number of anilines is 1. The predicted molar refractivity (Wildman–Crippen MR) is 137 cm³/mol. The van der Waals surface area contributed by atoms with Gasteiger partial charge in [0.25, 0.3) is 0 Å². The Morgan fingerprint density at radius 1 is 1.06 bits per heavy atom. The summed E-state index contributed by atoms with van der Waals surface area (Å²) in [6.45, 7) is 6.45. The number of guanidine groups is 1. The zero-order chi connectivity index (χ0) is 23.5. The molecule has 0 saturated carbocycles. The molecule has 0 aliphatic heterocycles. The van der Waals surface area contributed by atoms with E-state index in [9.17, 15) is 0 Å². The normalized spacial score (nSPS) is 12.4. The van der Waals surface area contributed by atoms with Gasteiger partial charge in [-0.3, -0.25) is 0 Å². The fourth-order valence-corrected chi connectivity index (χ4v) is 3.56. The van der Waals surface area contributed by atoms with E-state index in [2.05, 4.69) is 94.3 Å². The van der Waals surface area contributed by atoms with E-state index in [0.717, 1.165) is 50.0 Å². The number of aryl methyl sites for hydroxylation is 2. The number of hydrogen-bond donors (Lipinski definition) is 2. The summed E-state index contributed by atoms with van der Waals surface area (Å²) in [6.07, 6.45) is 3.07. The summed E-state index contributed by atoms with van der Waals surface area (Å²) in [7, 11) is 4.10. The molecule has 0 saturated heterocycles. The molecular weight excluding hydrogens is 410 g/mol. The van der Waals surface area contributed by atoms with Crippen molar-refractivity contribution in [3.05, 3.63) is 77.9 Å². The highest BCUT2D eigenvalue weighted by Gasteiger charge is 2.09. The van der Waals surface area contributed by atoms with E-state index < -0.39 is 0 Å². The molecule has 0 bridgehead atoms. The molecule has 0 aliphatic rings. The van der Waals surface area contributed by atoms with Crippen molar-refractivity contribution in [1.29, 1.82) is 0 Å². The van der Waals surface area contributed by atoms with Crippen molar-refractivity contribution in [2.45, 2.75) is 45.7 Å². The third-order valence-corrected chi connectivity index (χ3v) is 5.81. The maximum atomic E-state index is 4.80. The van der Waals surface area contributed by atoms with E-state index in [0.29, 0.717) is 12.6 Å². The van der Waals surface area contributed by atoms with E-state index in [-0.39, 0.29) is 0 Å². The molecule has 0 spiro atoms.